The van der Waals surface area contributed by atoms with Gasteiger partial charge in [0.2, 0.25) is 0 Å². The zero-order valence-corrected chi connectivity index (χ0v) is 2.92. The van der Waals surface area contributed by atoms with Gasteiger partial charge in [0, 0.05) is 0 Å². The van der Waals surface area contributed by atoms with Gasteiger partial charge >= 0.3 is 10.4 Å². The van der Waals surface area contributed by atoms with Crippen LogP contribution in [0.3, 0.4) is 0 Å². The van der Waals surface area contributed by atoms with Crippen LogP contribution in [0.2, 0.25) is 0 Å². The van der Waals surface area contributed by atoms with E-state index >= 15 is 0 Å². The smallest absolute Gasteiger partial charge is 0.176 e. The summed E-state index contributed by atoms with van der Waals surface area (Å²) in [6.45, 7) is 0. The molecule has 0 spiro atoms. The molecule has 0 saturated heterocycles. The summed E-state index contributed by atoms with van der Waals surface area (Å²) in [5.41, 5.74) is 0. The van der Waals surface area contributed by atoms with Crippen molar-refractivity contribution in [3.05, 3.63) is 0 Å². The quantitative estimate of drug-likeness (QED) is 0.383. The maximum absolute atomic E-state index is 10.3. The minimum Gasteiger partial charge on any atom is -0.176 e. The fraction of sp³-hybridized carbons (Fsp3) is 0. The molecule has 0 amide bonds. The molecule has 5 heteroatoms. The molecule has 0 aliphatic heterocycles. The van der Waals surface area contributed by atoms with Gasteiger partial charge in [-0.3, -0.25) is 0 Å². The Balaban J connectivity index is 4.06. The van der Waals surface area contributed by atoms with Gasteiger partial charge in [-0.15, -0.1) is 5.14 Å². The second kappa shape index (κ2) is 0.908. The number of hydrogen-bond donors (Lipinski definition) is 0. The summed E-state index contributed by atoms with van der Waals surface area (Å²) in [6.07, 6.45) is 0. The summed E-state index contributed by atoms with van der Waals surface area (Å²) in [4.78, 5) is 0. The molecule has 0 fully saturated rings. The Morgan fingerprint density at radius 3 is 1.60 bits per heavy atom. The number of halogens is 1. The fourth-order valence-electron chi connectivity index (χ4n) is 0. The van der Waals surface area contributed by atoms with Gasteiger partial charge in [-0.2, -0.15) is 8.42 Å². The summed E-state index contributed by atoms with van der Waals surface area (Å²) >= 11 is 0. The Bertz CT molecular complexity index is 92.8. The molecular formula is HFNO2S. The van der Waals surface area contributed by atoms with E-state index in [0.717, 1.165) is 0 Å². The van der Waals surface area contributed by atoms with Crippen molar-refractivity contribution in [1.29, 1.82) is 0 Å². The monoisotopic (exact) mass is 98.0 g/mol. The van der Waals surface area contributed by atoms with E-state index in [0.29, 0.717) is 0 Å². The Morgan fingerprint density at radius 2 is 1.60 bits per heavy atom. The van der Waals surface area contributed by atoms with Crippen molar-refractivity contribution < 1.29 is 12.3 Å². The third-order valence-corrected chi connectivity index (χ3v) is 0. The maximum Gasteiger partial charge on any atom is 0.386 e. The standard InChI is InChI=1S/FHNO2S/c1-5(2,3)4/h2H. The molecule has 5 heavy (non-hydrogen) atoms. The molecule has 1 radical (unpaired) electrons. The number of hydrogen-bond acceptors (Lipinski definition) is 2. The molecule has 0 aliphatic rings. The third-order valence-electron chi connectivity index (χ3n) is 0. The first-order chi connectivity index (χ1) is 2.00. The topological polar surface area (TPSA) is 57.9 Å². The summed E-state index contributed by atoms with van der Waals surface area (Å²) < 4.78 is 27.6. The number of nitrogens with one attached hydrogen (secondary N) is 1. The maximum atomic E-state index is 10.3. The summed E-state index contributed by atoms with van der Waals surface area (Å²) in [7, 11) is -4.92. The number of rotatable bonds is 0. The van der Waals surface area contributed by atoms with E-state index in [1.165, 1.54) is 0 Å². The molecule has 0 heterocycles. The minimum absolute atomic E-state index is 4.92. The second-order valence-electron chi connectivity index (χ2n) is 0.438. The lowest BCUT2D eigenvalue weighted by Gasteiger charge is -1.62. The summed E-state index contributed by atoms with van der Waals surface area (Å²) in [6, 6.07) is 0. The van der Waals surface area contributed by atoms with E-state index in [9.17, 15) is 3.89 Å². The molecule has 0 bridgehead atoms. The van der Waals surface area contributed by atoms with Gasteiger partial charge in [0.15, 0.2) is 0 Å². The van der Waals surface area contributed by atoms with Crippen LogP contribution in [-0.4, -0.2) is 8.42 Å². The molecule has 0 atom stereocenters. The van der Waals surface area contributed by atoms with Crippen molar-refractivity contribution in [2.24, 2.45) is 0 Å². The Kier molecular flexibility index (Phi) is 0.879. The molecule has 0 aromatic rings. The summed E-state index contributed by atoms with van der Waals surface area (Å²) in [5, 5.41) is 5.24. The van der Waals surface area contributed by atoms with Gasteiger partial charge in [-0.25, -0.2) is 0 Å². The van der Waals surface area contributed by atoms with Crippen molar-refractivity contribution in [3.8, 4) is 0 Å². The van der Waals surface area contributed by atoms with Gasteiger partial charge in [-0.05, 0) is 0 Å². The van der Waals surface area contributed by atoms with Crippen molar-refractivity contribution in [1.82, 2.24) is 5.14 Å². The first-order valence-corrected chi connectivity index (χ1v) is 2.08. The Labute approximate surface area is 28.9 Å². The van der Waals surface area contributed by atoms with Crippen molar-refractivity contribution in [2.45, 2.75) is 0 Å². The third kappa shape index (κ3) is 508. The van der Waals surface area contributed by atoms with E-state index in [1.807, 2.05) is 0 Å². The van der Waals surface area contributed by atoms with Crippen LogP contribution in [0.5, 0.6) is 0 Å². The average Bonchev–Trinajstić information content (AvgIpc) is 0.722. The van der Waals surface area contributed by atoms with E-state index in [2.05, 4.69) is 0 Å². The highest BCUT2D eigenvalue weighted by Crippen LogP contribution is 1.72. The molecule has 0 aromatic carbocycles. The fourth-order valence-corrected chi connectivity index (χ4v) is 0. The Hall–Kier alpha value is -0.160. The SMILES string of the molecule is [NH]S(=O)(=O)F. The zero-order chi connectivity index (χ0) is 4.50. The van der Waals surface area contributed by atoms with E-state index in [-0.39, 0.29) is 0 Å². The molecule has 0 rings (SSSR count). The van der Waals surface area contributed by atoms with Gasteiger partial charge < -0.3 is 0 Å². The molecule has 0 saturated carbocycles. The molecule has 3 nitrogen and oxygen atoms in total. The molecule has 0 unspecified atom stereocenters. The van der Waals surface area contributed by atoms with Crippen LogP contribution >= 0.6 is 0 Å². The van der Waals surface area contributed by atoms with Gasteiger partial charge in [0.05, 0.1) is 0 Å². The molecule has 0 aliphatic carbocycles. The van der Waals surface area contributed by atoms with Crippen LogP contribution < -0.4 is 5.14 Å². The zero-order valence-electron chi connectivity index (χ0n) is 2.10. The lowest BCUT2D eigenvalue weighted by Crippen LogP contribution is -1.84. The highest BCUT2D eigenvalue weighted by molar-refractivity contribution is 7.83. The molecule has 0 aromatic heterocycles. The normalized spacial score (nSPS) is 11.6. The van der Waals surface area contributed by atoms with Crippen LogP contribution in [0.4, 0.5) is 3.89 Å². The van der Waals surface area contributed by atoms with Crippen molar-refractivity contribution >= 4 is 10.4 Å². The minimum atomic E-state index is -4.92. The van der Waals surface area contributed by atoms with E-state index in [1.54, 1.807) is 0 Å². The first-order valence-electron chi connectivity index (χ1n) is 0.692. The van der Waals surface area contributed by atoms with E-state index < -0.39 is 10.4 Å². The first kappa shape index (κ1) is 4.84. The lowest BCUT2D eigenvalue weighted by atomic mass is 13.9. The molecular weight excluding hydrogens is 97.1 g/mol. The Morgan fingerprint density at radius 1 is 1.60 bits per heavy atom. The lowest BCUT2D eigenvalue weighted by molar-refractivity contribution is 0.552. The van der Waals surface area contributed by atoms with Gasteiger partial charge in [0.25, 0.3) is 0 Å². The average molecular weight is 98.1 g/mol. The van der Waals surface area contributed by atoms with Gasteiger partial charge in [-0.1, -0.05) is 3.89 Å². The highest BCUT2D eigenvalue weighted by Gasteiger charge is 1.88. The largest absolute Gasteiger partial charge is 0.386 e. The van der Waals surface area contributed by atoms with Gasteiger partial charge in [0.1, 0.15) is 0 Å². The second-order valence-corrected chi connectivity index (χ2v) is 1.31. The predicted octanol–water partition coefficient (Wildman–Crippen LogP) is -0.516. The molecule has 31 valence electrons. The predicted molar refractivity (Wildman–Crippen MR) is 13.1 cm³/mol. The van der Waals surface area contributed by atoms with Crippen LogP contribution in [0.15, 0.2) is 0 Å². The van der Waals surface area contributed by atoms with E-state index in [4.69, 9.17) is 13.6 Å². The van der Waals surface area contributed by atoms with Crippen molar-refractivity contribution in [3.63, 3.8) is 0 Å². The van der Waals surface area contributed by atoms with Crippen LogP contribution in [-0.2, 0) is 10.4 Å². The highest BCUT2D eigenvalue weighted by atomic mass is 32.3. The van der Waals surface area contributed by atoms with Crippen LogP contribution in [0.1, 0.15) is 0 Å². The van der Waals surface area contributed by atoms with Crippen LogP contribution in [0.25, 0.3) is 0 Å². The molecule has 1 N–H and O–H groups in total. The van der Waals surface area contributed by atoms with Crippen molar-refractivity contribution in [2.75, 3.05) is 0 Å². The summed E-state index contributed by atoms with van der Waals surface area (Å²) in [5.74, 6) is 0. The van der Waals surface area contributed by atoms with Crippen LogP contribution in [0, 0.1) is 0 Å².